The number of nitrogens with one attached hydrogen (secondary N) is 4. The summed E-state index contributed by atoms with van der Waals surface area (Å²) in [6, 6.07) is 15.4. The molecule has 0 radical (unpaired) electrons. The second-order valence-corrected chi connectivity index (χ2v) is 13.6. The maximum absolute atomic E-state index is 12.5. The zero-order chi connectivity index (χ0) is 30.8. The number of nitriles is 1. The van der Waals surface area contributed by atoms with Gasteiger partial charge in [0.1, 0.15) is 6.07 Å². The number of nitrogens with zero attached hydrogens (tertiary/aromatic N) is 4. The average Bonchev–Trinajstić information content (AvgIpc) is 3.43. The highest BCUT2D eigenvalue weighted by atomic mass is 16.1. The Kier molecular flexibility index (Phi) is 6.35. The zero-order valence-corrected chi connectivity index (χ0v) is 25.5. The van der Waals surface area contributed by atoms with Crippen molar-refractivity contribution >= 4 is 33.2 Å². The number of hydrogen-bond acceptors (Lipinski definition) is 8. The monoisotopic (exact) mass is 584 g/mol. The van der Waals surface area contributed by atoms with Crippen LogP contribution in [0.5, 0.6) is 0 Å². The predicted molar refractivity (Wildman–Crippen MR) is 174 cm³/mol. The summed E-state index contributed by atoms with van der Waals surface area (Å²) in [5.74, 6) is 3.61. The summed E-state index contributed by atoms with van der Waals surface area (Å²) in [5, 5.41) is 21.5. The van der Waals surface area contributed by atoms with Crippen molar-refractivity contribution in [2.24, 2.45) is 18.4 Å². The number of aromatic nitrogens is 2. The molecule has 3 heterocycles. The zero-order valence-electron chi connectivity index (χ0n) is 25.5. The maximum atomic E-state index is 12.5. The van der Waals surface area contributed by atoms with Crippen molar-refractivity contribution < 1.29 is 0 Å². The highest BCUT2D eigenvalue weighted by Crippen LogP contribution is 2.60. The smallest absolute Gasteiger partial charge is 0.250 e. The Balaban J connectivity index is 1.37. The lowest BCUT2D eigenvalue weighted by molar-refractivity contribution is -0.141. The first-order valence-corrected chi connectivity index (χ1v) is 15.0. The van der Waals surface area contributed by atoms with Gasteiger partial charge >= 0.3 is 0 Å². The second-order valence-electron chi connectivity index (χ2n) is 13.6. The number of fused-ring (bicyclic) bond motifs is 2. The first-order valence-electron chi connectivity index (χ1n) is 15.0. The van der Waals surface area contributed by atoms with E-state index in [1.165, 1.54) is 19.3 Å². The Morgan fingerprint density at radius 3 is 2.64 bits per heavy atom. The molecule has 1 atom stereocenters. The molecular weight excluding hydrogens is 548 g/mol. The number of aryl methyl sites for hydroxylation is 1. The number of hydrogen-bond donors (Lipinski definition) is 4. The fraction of sp³-hybridized carbons (Fsp3) is 0.343. The molecule has 44 heavy (non-hydrogen) atoms. The van der Waals surface area contributed by atoms with E-state index >= 15 is 0 Å². The largest absolute Gasteiger partial charge is 0.383 e. The van der Waals surface area contributed by atoms with Gasteiger partial charge in [-0.1, -0.05) is 38.8 Å². The molecule has 0 amide bonds. The standard InChI is InChI=1S/C35H36N8O/c1-6-22-18-37-32-23(17-36)12-24(13-27(32)31(22)38-20-34(2,3)4)39-33(28-19-43(41-40-28)35-14-21(15-35)16-35)26-8-7-9-29-25(26)10-11-30(44)42(29)5/h1,7-13,18-19,21,33,39-41H,14-16,20H2,2-5H3,(H,37,38)/t21?,33-,35?/m0/s1. The van der Waals surface area contributed by atoms with Crippen LogP contribution in [0, 0.1) is 35.0 Å². The quantitative estimate of drug-likeness (QED) is 0.218. The van der Waals surface area contributed by atoms with Crippen LogP contribution in [0.1, 0.15) is 62.8 Å². The van der Waals surface area contributed by atoms with E-state index in [2.05, 4.69) is 76.6 Å². The lowest BCUT2D eigenvalue weighted by atomic mass is 9.49. The molecule has 0 spiro atoms. The van der Waals surface area contributed by atoms with Crippen LogP contribution in [0.4, 0.5) is 11.4 Å². The molecule has 9 heteroatoms. The van der Waals surface area contributed by atoms with Crippen molar-refractivity contribution in [1.82, 2.24) is 25.5 Å². The molecule has 3 fully saturated rings. The number of terminal acetylenes is 1. The van der Waals surface area contributed by atoms with E-state index in [4.69, 9.17) is 6.42 Å². The summed E-state index contributed by atoms with van der Waals surface area (Å²) < 4.78 is 1.67. The fourth-order valence-corrected chi connectivity index (χ4v) is 6.75. The molecular formula is C35H36N8O. The van der Waals surface area contributed by atoms with Crippen LogP contribution in [-0.2, 0) is 7.05 Å². The Labute approximate surface area is 256 Å². The third kappa shape index (κ3) is 4.52. The van der Waals surface area contributed by atoms with E-state index in [0.717, 1.165) is 44.8 Å². The average molecular weight is 585 g/mol. The van der Waals surface area contributed by atoms with Gasteiger partial charge in [-0.3, -0.25) is 14.8 Å². The van der Waals surface area contributed by atoms with Gasteiger partial charge in [0.05, 0.1) is 45.1 Å². The van der Waals surface area contributed by atoms with Gasteiger partial charge < -0.3 is 20.6 Å². The lowest BCUT2D eigenvalue weighted by Crippen LogP contribution is -2.69. The Morgan fingerprint density at radius 1 is 1.16 bits per heavy atom. The minimum absolute atomic E-state index is 0.00876. The van der Waals surface area contributed by atoms with Crippen molar-refractivity contribution in [3.8, 4) is 18.4 Å². The van der Waals surface area contributed by atoms with Gasteiger partial charge in [0.2, 0.25) is 0 Å². The third-order valence-electron chi connectivity index (χ3n) is 9.28. The van der Waals surface area contributed by atoms with Gasteiger partial charge in [-0.05, 0) is 60.4 Å². The lowest BCUT2D eigenvalue weighted by Gasteiger charge is -2.64. The fourth-order valence-electron chi connectivity index (χ4n) is 6.75. The van der Waals surface area contributed by atoms with Crippen LogP contribution in [0.3, 0.4) is 0 Å². The van der Waals surface area contributed by atoms with Gasteiger partial charge in [-0.15, -0.1) is 12.0 Å². The first-order chi connectivity index (χ1) is 21.1. The minimum atomic E-state index is -0.334. The minimum Gasteiger partial charge on any atom is -0.383 e. The molecule has 0 saturated heterocycles. The molecule has 0 unspecified atom stereocenters. The van der Waals surface area contributed by atoms with E-state index in [1.54, 1.807) is 23.9 Å². The summed E-state index contributed by atoms with van der Waals surface area (Å²) in [6.45, 7) is 7.16. The number of benzene rings is 2. The first kappa shape index (κ1) is 27.8. The van der Waals surface area contributed by atoms with E-state index in [0.29, 0.717) is 23.2 Å². The molecule has 2 aromatic carbocycles. The topological polar surface area (TPSA) is 110 Å². The van der Waals surface area contributed by atoms with Crippen LogP contribution in [0.15, 0.2) is 65.4 Å². The van der Waals surface area contributed by atoms with Crippen molar-refractivity contribution in [1.29, 1.82) is 5.26 Å². The predicted octanol–water partition coefficient (Wildman–Crippen LogP) is 5.27. The van der Waals surface area contributed by atoms with Crippen LogP contribution < -0.4 is 27.2 Å². The van der Waals surface area contributed by atoms with Gasteiger partial charge in [-0.2, -0.15) is 5.26 Å². The normalized spacial score (nSPS) is 21.0. The molecule has 4 aliphatic rings. The Morgan fingerprint density at radius 2 is 1.95 bits per heavy atom. The molecule has 8 rings (SSSR count). The molecule has 9 nitrogen and oxygen atoms in total. The van der Waals surface area contributed by atoms with Crippen LogP contribution >= 0.6 is 0 Å². The van der Waals surface area contributed by atoms with Crippen LogP contribution in [-0.4, -0.2) is 26.6 Å². The van der Waals surface area contributed by atoms with Gasteiger partial charge in [0.15, 0.2) is 0 Å². The number of anilines is 2. The SMILES string of the molecule is C#Cc1cnc2c(C#N)cc(N[C@H](C3=CN(C45CC(C4)C5)NN3)c3cccc4c3ccc(=O)n4C)cc2c1NCC(C)(C)C. The van der Waals surface area contributed by atoms with E-state index < -0.39 is 0 Å². The summed E-state index contributed by atoms with van der Waals surface area (Å²) in [6.07, 6.45) is 13.3. The van der Waals surface area contributed by atoms with Gasteiger partial charge in [-0.25, -0.2) is 0 Å². The van der Waals surface area contributed by atoms with Crippen molar-refractivity contribution in [3.05, 3.63) is 87.6 Å². The van der Waals surface area contributed by atoms with Crippen molar-refractivity contribution in [2.45, 2.75) is 51.6 Å². The van der Waals surface area contributed by atoms with Crippen molar-refractivity contribution in [3.63, 3.8) is 0 Å². The highest BCUT2D eigenvalue weighted by molar-refractivity contribution is 5.99. The molecule has 4 aromatic rings. The van der Waals surface area contributed by atoms with Crippen LogP contribution in [0.25, 0.3) is 21.8 Å². The van der Waals surface area contributed by atoms with Gasteiger partial charge in [0.25, 0.3) is 5.56 Å². The Hall–Kier alpha value is -4.99. The molecule has 3 aliphatic carbocycles. The molecule has 222 valence electrons. The number of hydrazine groups is 2. The summed E-state index contributed by atoms with van der Waals surface area (Å²) in [7, 11) is 1.79. The second kappa shape index (κ2) is 10.0. The molecule has 2 bridgehead atoms. The molecule has 2 aromatic heterocycles. The number of pyridine rings is 2. The Bertz CT molecular complexity index is 1990. The summed E-state index contributed by atoms with van der Waals surface area (Å²) in [4.78, 5) is 17.1. The summed E-state index contributed by atoms with van der Waals surface area (Å²) in [5.41, 5.74) is 13.0. The third-order valence-corrected chi connectivity index (χ3v) is 9.28. The maximum Gasteiger partial charge on any atom is 0.250 e. The van der Waals surface area contributed by atoms with E-state index in [1.807, 2.05) is 30.3 Å². The van der Waals surface area contributed by atoms with Crippen molar-refractivity contribution in [2.75, 3.05) is 17.2 Å². The number of rotatable bonds is 7. The van der Waals surface area contributed by atoms with Crippen LogP contribution in [0.2, 0.25) is 0 Å². The van der Waals surface area contributed by atoms with E-state index in [9.17, 15) is 10.1 Å². The van der Waals surface area contributed by atoms with E-state index in [-0.39, 0.29) is 22.6 Å². The highest BCUT2D eigenvalue weighted by Gasteiger charge is 2.60. The molecule has 3 saturated carbocycles. The summed E-state index contributed by atoms with van der Waals surface area (Å²) >= 11 is 0. The van der Waals surface area contributed by atoms with Gasteiger partial charge in [0, 0.05) is 48.5 Å². The molecule has 1 aliphatic heterocycles. The molecule has 4 N–H and O–H groups in total.